The minimum Gasteiger partial charge on any atom is -0.491 e. The van der Waals surface area contributed by atoms with Crippen LogP contribution in [0.3, 0.4) is 0 Å². The Bertz CT molecular complexity index is 1720. The number of ether oxygens (including phenoxy) is 5. The Hall–Kier alpha value is -5.08. The third kappa shape index (κ3) is 16.0. The van der Waals surface area contributed by atoms with Crippen molar-refractivity contribution < 1.29 is 43.2 Å². The number of hydrogen-bond acceptors (Lipinski definition) is 10. The molecule has 1 atom stereocenters. The van der Waals surface area contributed by atoms with Gasteiger partial charge in [0.25, 0.3) is 0 Å². The maximum absolute atomic E-state index is 12.8. The van der Waals surface area contributed by atoms with E-state index in [0.29, 0.717) is 71.4 Å². The van der Waals surface area contributed by atoms with E-state index in [0.717, 1.165) is 52.9 Å². The van der Waals surface area contributed by atoms with Gasteiger partial charge in [0.15, 0.2) is 0 Å². The highest BCUT2D eigenvalue weighted by Gasteiger charge is 2.19. The summed E-state index contributed by atoms with van der Waals surface area (Å²) in [5.74, 6) is -0.243. The predicted molar refractivity (Wildman–Crippen MR) is 211 cm³/mol. The molecule has 0 aliphatic heterocycles. The molecule has 4 aromatic rings. The number of aliphatic carboxylic acids is 1. The highest BCUT2D eigenvalue weighted by molar-refractivity contribution is 6.00. The van der Waals surface area contributed by atoms with Gasteiger partial charge in [-0.25, -0.2) is 4.98 Å². The van der Waals surface area contributed by atoms with E-state index in [2.05, 4.69) is 27.9 Å². The van der Waals surface area contributed by atoms with E-state index in [1.54, 1.807) is 6.20 Å². The summed E-state index contributed by atoms with van der Waals surface area (Å²) in [6, 6.07) is 24.2. The van der Waals surface area contributed by atoms with Crippen LogP contribution in [-0.2, 0) is 33.3 Å². The van der Waals surface area contributed by atoms with Crippen molar-refractivity contribution in [2.45, 2.75) is 45.1 Å². The molecule has 13 nitrogen and oxygen atoms in total. The van der Waals surface area contributed by atoms with E-state index >= 15 is 0 Å². The zero-order chi connectivity index (χ0) is 38.9. The lowest BCUT2D eigenvalue weighted by Gasteiger charge is -2.19. The van der Waals surface area contributed by atoms with Gasteiger partial charge in [0, 0.05) is 31.2 Å². The number of pyridine rings is 1. The van der Waals surface area contributed by atoms with Gasteiger partial charge >= 0.3 is 5.97 Å². The second-order valence-electron chi connectivity index (χ2n) is 12.7. The summed E-state index contributed by atoms with van der Waals surface area (Å²) in [7, 11) is 0. The molecule has 0 saturated carbocycles. The average Bonchev–Trinajstić information content (AvgIpc) is 3.20. The number of carbonyl (C=O) groups excluding carboxylic acids is 2. The third-order valence-electron chi connectivity index (χ3n) is 8.42. The smallest absolute Gasteiger partial charge is 0.305 e. The maximum atomic E-state index is 12.8. The van der Waals surface area contributed by atoms with Crippen LogP contribution in [0.5, 0.6) is 5.75 Å². The van der Waals surface area contributed by atoms with E-state index < -0.39 is 17.9 Å². The van der Waals surface area contributed by atoms with Gasteiger partial charge in [-0.15, -0.1) is 0 Å². The van der Waals surface area contributed by atoms with Crippen LogP contribution in [0.2, 0.25) is 0 Å². The second kappa shape index (κ2) is 25.1. The first-order chi connectivity index (χ1) is 26.9. The lowest BCUT2D eigenvalue weighted by atomic mass is 9.95. The van der Waals surface area contributed by atoms with Crippen molar-refractivity contribution in [2.24, 2.45) is 0 Å². The first-order valence-electron chi connectivity index (χ1n) is 18.9. The highest BCUT2D eigenvalue weighted by Crippen LogP contribution is 2.35. The van der Waals surface area contributed by atoms with Gasteiger partial charge in [-0.3, -0.25) is 14.4 Å². The first-order valence-corrected chi connectivity index (χ1v) is 18.9. The minimum atomic E-state index is -1.05. The standard InChI is InChI=1S/C42H54N4O9/c1-2-21-51-22-23-52-24-25-53-26-27-54-28-29-55-38-18-17-34(35-9-3-4-10-36(35)38)32-13-15-33(16-14-32)37(30-42(49)50)46-41(48)31-45-40(47)12-6-8-20-44-39-11-5-7-19-43-39/h3-5,7,9-11,13-19,37H,2,6,8,12,20-31H2,1H3,(H,43,44)(H,45,47)(H,46,48)(H,49,50). The number of carboxylic acids is 1. The molecule has 1 aromatic heterocycles. The fourth-order valence-corrected chi connectivity index (χ4v) is 5.69. The summed E-state index contributed by atoms with van der Waals surface area (Å²) in [4.78, 5) is 41.0. The monoisotopic (exact) mass is 758 g/mol. The molecule has 3 aromatic carbocycles. The van der Waals surface area contributed by atoms with Gasteiger partial charge in [-0.1, -0.05) is 67.6 Å². The number of hydrogen-bond donors (Lipinski definition) is 4. The molecule has 4 rings (SSSR count). The van der Waals surface area contributed by atoms with E-state index in [1.165, 1.54) is 0 Å². The van der Waals surface area contributed by atoms with E-state index in [1.807, 2.05) is 78.9 Å². The molecule has 0 spiro atoms. The SMILES string of the molecule is CCCOCCOCCOCCOCCOc1ccc(-c2ccc(C(CC(=O)O)NC(=O)CNC(=O)CCCCNc3ccccn3)cc2)c2ccccc12. The van der Waals surface area contributed by atoms with Crippen molar-refractivity contribution >= 4 is 34.4 Å². The average molecular weight is 759 g/mol. The molecule has 4 N–H and O–H groups in total. The molecule has 0 aliphatic rings. The molecule has 55 heavy (non-hydrogen) atoms. The van der Waals surface area contributed by atoms with Crippen molar-refractivity contribution in [3.8, 4) is 16.9 Å². The van der Waals surface area contributed by atoms with E-state index in [-0.39, 0.29) is 25.3 Å². The predicted octanol–water partition coefficient (Wildman–Crippen LogP) is 5.79. The molecule has 2 amide bonds. The van der Waals surface area contributed by atoms with Gasteiger partial charge in [0.1, 0.15) is 18.2 Å². The molecule has 0 fully saturated rings. The van der Waals surface area contributed by atoms with Crippen LogP contribution in [0.25, 0.3) is 21.9 Å². The van der Waals surface area contributed by atoms with Crippen LogP contribution in [0.4, 0.5) is 5.82 Å². The van der Waals surface area contributed by atoms with E-state index in [4.69, 9.17) is 23.7 Å². The zero-order valence-corrected chi connectivity index (χ0v) is 31.6. The molecular weight excluding hydrogens is 704 g/mol. The van der Waals surface area contributed by atoms with Crippen LogP contribution in [0.1, 0.15) is 50.6 Å². The molecule has 0 aliphatic carbocycles. The number of anilines is 1. The van der Waals surface area contributed by atoms with Crippen LogP contribution < -0.4 is 20.7 Å². The number of carboxylic acid groups (broad SMARTS) is 1. The summed E-state index contributed by atoms with van der Waals surface area (Å²) < 4.78 is 28.1. The van der Waals surface area contributed by atoms with Crippen LogP contribution in [0.15, 0.2) is 85.1 Å². The normalized spacial score (nSPS) is 11.6. The quantitative estimate of drug-likeness (QED) is 0.0518. The topological polar surface area (TPSA) is 167 Å². The van der Waals surface area contributed by atoms with Crippen molar-refractivity contribution in [3.63, 3.8) is 0 Å². The lowest BCUT2D eigenvalue weighted by Crippen LogP contribution is -2.39. The Morgan fingerprint density at radius 2 is 1.36 bits per heavy atom. The number of nitrogens with zero attached hydrogens (tertiary/aromatic N) is 1. The van der Waals surface area contributed by atoms with Crippen molar-refractivity contribution in [2.75, 3.05) is 77.9 Å². The van der Waals surface area contributed by atoms with Crippen LogP contribution in [-0.4, -0.2) is 100 Å². The fraction of sp³-hybridized carbons (Fsp3) is 0.429. The Morgan fingerprint density at radius 3 is 2.02 bits per heavy atom. The number of rotatable bonds is 28. The van der Waals surface area contributed by atoms with Crippen molar-refractivity contribution in [1.29, 1.82) is 0 Å². The molecule has 13 heteroatoms. The third-order valence-corrected chi connectivity index (χ3v) is 8.42. The molecule has 1 unspecified atom stereocenters. The molecule has 296 valence electrons. The van der Waals surface area contributed by atoms with Gasteiger partial charge in [0.2, 0.25) is 11.8 Å². The Kier molecular flexibility index (Phi) is 19.5. The van der Waals surface area contributed by atoms with Crippen molar-refractivity contribution in [3.05, 3.63) is 90.6 Å². The summed E-state index contributed by atoms with van der Waals surface area (Å²) in [6.07, 6.45) is 4.08. The van der Waals surface area contributed by atoms with Gasteiger partial charge in [-0.05, 0) is 59.5 Å². The van der Waals surface area contributed by atoms with Gasteiger partial charge in [0.05, 0.1) is 65.3 Å². The lowest BCUT2D eigenvalue weighted by molar-refractivity contribution is -0.138. The maximum Gasteiger partial charge on any atom is 0.305 e. The summed E-state index contributed by atoms with van der Waals surface area (Å²) in [5, 5.41) is 20.1. The Balaban J connectivity index is 1.21. The number of aromatic nitrogens is 1. The minimum absolute atomic E-state index is 0.243. The van der Waals surface area contributed by atoms with Crippen molar-refractivity contribution in [1.82, 2.24) is 15.6 Å². The number of benzene rings is 3. The number of nitrogens with one attached hydrogen (secondary N) is 3. The number of carbonyl (C=O) groups is 3. The molecular formula is C42H54N4O9. The number of fused-ring (bicyclic) bond motifs is 1. The van der Waals surface area contributed by atoms with Crippen LogP contribution in [0, 0.1) is 0 Å². The largest absolute Gasteiger partial charge is 0.491 e. The van der Waals surface area contributed by atoms with Gasteiger partial charge < -0.3 is 44.7 Å². The first kappa shape index (κ1) is 42.7. The molecule has 0 saturated heterocycles. The number of unbranched alkanes of at least 4 members (excludes halogenated alkanes) is 1. The summed E-state index contributed by atoms with van der Waals surface area (Å²) in [6.45, 7) is 7.17. The van der Waals surface area contributed by atoms with E-state index in [9.17, 15) is 19.5 Å². The zero-order valence-electron chi connectivity index (χ0n) is 31.6. The fourth-order valence-electron chi connectivity index (χ4n) is 5.69. The highest BCUT2D eigenvalue weighted by atomic mass is 16.6. The van der Waals surface area contributed by atoms with Crippen LogP contribution >= 0.6 is 0 Å². The molecule has 1 heterocycles. The Labute approximate surface area is 323 Å². The molecule has 0 radical (unpaired) electrons. The summed E-state index contributed by atoms with van der Waals surface area (Å²) in [5.41, 5.74) is 2.55. The second-order valence-corrected chi connectivity index (χ2v) is 12.7. The molecule has 0 bridgehead atoms. The number of amides is 2. The van der Waals surface area contributed by atoms with Gasteiger partial charge in [-0.2, -0.15) is 0 Å². The summed E-state index contributed by atoms with van der Waals surface area (Å²) >= 11 is 0. The Morgan fingerprint density at radius 1 is 0.709 bits per heavy atom.